The lowest BCUT2D eigenvalue weighted by atomic mass is 9.94. The second-order valence-electron chi connectivity index (χ2n) is 4.80. The van der Waals surface area contributed by atoms with Crippen LogP contribution >= 0.6 is 15.9 Å². The van der Waals surface area contributed by atoms with E-state index in [1.165, 1.54) is 19.3 Å². The minimum Gasteiger partial charge on any atom is -0.466 e. The van der Waals surface area contributed by atoms with Crippen LogP contribution in [0.2, 0.25) is 0 Å². The average Bonchev–Trinajstić information content (AvgIpc) is 2.77. The highest BCUT2D eigenvalue weighted by Gasteiger charge is 2.28. The lowest BCUT2D eigenvalue weighted by Gasteiger charge is -2.36. The van der Waals surface area contributed by atoms with E-state index in [1.807, 2.05) is 6.07 Å². The highest BCUT2D eigenvalue weighted by molar-refractivity contribution is 9.10. The van der Waals surface area contributed by atoms with Crippen LogP contribution in [0.15, 0.2) is 21.2 Å². The molecule has 0 spiro atoms. The van der Waals surface area contributed by atoms with Gasteiger partial charge in [-0.1, -0.05) is 13.3 Å². The van der Waals surface area contributed by atoms with E-state index in [-0.39, 0.29) is 6.04 Å². The molecular formula is C13H21BrN2O. The van der Waals surface area contributed by atoms with Crippen molar-refractivity contribution in [3.05, 3.63) is 22.6 Å². The van der Waals surface area contributed by atoms with Gasteiger partial charge in [0.2, 0.25) is 0 Å². The van der Waals surface area contributed by atoms with Gasteiger partial charge in [0.15, 0.2) is 0 Å². The molecule has 0 aromatic carbocycles. The summed E-state index contributed by atoms with van der Waals surface area (Å²) >= 11 is 3.53. The summed E-state index contributed by atoms with van der Waals surface area (Å²) in [6.45, 7) is 5.16. The molecule has 1 saturated heterocycles. The molecule has 0 amide bonds. The topological polar surface area (TPSA) is 42.4 Å². The Labute approximate surface area is 111 Å². The Hall–Kier alpha value is -0.320. The van der Waals surface area contributed by atoms with Crippen LogP contribution in [-0.4, -0.2) is 24.5 Å². The molecule has 96 valence electrons. The lowest BCUT2D eigenvalue weighted by molar-refractivity contribution is 0.111. The van der Waals surface area contributed by atoms with Crippen molar-refractivity contribution in [3.63, 3.8) is 0 Å². The molecule has 0 aliphatic carbocycles. The maximum absolute atomic E-state index is 5.93. The Morgan fingerprint density at radius 2 is 2.47 bits per heavy atom. The summed E-state index contributed by atoms with van der Waals surface area (Å²) in [5.74, 6) is 1.79. The summed E-state index contributed by atoms with van der Waals surface area (Å²) in [6.07, 6.45) is 5.60. The van der Waals surface area contributed by atoms with Crippen LogP contribution in [0, 0.1) is 5.92 Å². The van der Waals surface area contributed by atoms with Crippen molar-refractivity contribution < 1.29 is 4.42 Å². The lowest BCUT2D eigenvalue weighted by Crippen LogP contribution is -2.40. The van der Waals surface area contributed by atoms with Gasteiger partial charge >= 0.3 is 0 Å². The second-order valence-corrected chi connectivity index (χ2v) is 5.65. The molecule has 1 fully saturated rings. The molecule has 2 atom stereocenters. The number of hydrogen-bond donors (Lipinski definition) is 1. The van der Waals surface area contributed by atoms with E-state index in [9.17, 15) is 0 Å². The first-order chi connectivity index (χ1) is 8.26. The Bertz CT molecular complexity index is 353. The number of hydrogen-bond acceptors (Lipinski definition) is 3. The van der Waals surface area contributed by atoms with Crippen LogP contribution in [0.1, 0.15) is 38.0 Å². The van der Waals surface area contributed by atoms with Crippen molar-refractivity contribution in [2.24, 2.45) is 11.7 Å². The molecule has 1 aromatic heterocycles. The predicted octanol–water partition coefficient (Wildman–Crippen LogP) is 3.16. The van der Waals surface area contributed by atoms with Gasteiger partial charge in [-0.3, -0.25) is 4.90 Å². The van der Waals surface area contributed by atoms with Gasteiger partial charge < -0.3 is 10.2 Å². The molecule has 1 aliphatic heterocycles. The largest absolute Gasteiger partial charge is 0.466 e. The van der Waals surface area contributed by atoms with Crippen molar-refractivity contribution in [2.45, 2.75) is 32.2 Å². The third-order valence-electron chi connectivity index (χ3n) is 3.74. The smallest absolute Gasteiger partial charge is 0.136 e. The zero-order valence-electron chi connectivity index (χ0n) is 10.4. The van der Waals surface area contributed by atoms with Crippen LogP contribution in [0.25, 0.3) is 0 Å². The van der Waals surface area contributed by atoms with Gasteiger partial charge in [-0.15, -0.1) is 0 Å². The highest BCUT2D eigenvalue weighted by Crippen LogP contribution is 2.31. The van der Waals surface area contributed by atoms with Crippen molar-refractivity contribution in [1.29, 1.82) is 0 Å². The summed E-state index contributed by atoms with van der Waals surface area (Å²) in [5, 5.41) is 0. The maximum atomic E-state index is 5.93. The summed E-state index contributed by atoms with van der Waals surface area (Å²) in [5.41, 5.74) is 5.93. The molecule has 4 heteroatoms. The standard InChI is InChI=1S/C13H21BrN2O/c1-2-10-4-3-6-16(9-10)12(8-15)13-11(14)5-7-17-13/h5,7,10,12H,2-4,6,8-9,15H2,1H3. The fourth-order valence-electron chi connectivity index (χ4n) is 2.68. The van der Waals surface area contributed by atoms with Gasteiger partial charge in [0, 0.05) is 13.1 Å². The van der Waals surface area contributed by atoms with E-state index in [2.05, 4.69) is 27.8 Å². The Balaban J connectivity index is 2.10. The van der Waals surface area contributed by atoms with Crippen molar-refractivity contribution in [3.8, 4) is 0 Å². The van der Waals surface area contributed by atoms with Gasteiger partial charge in [-0.2, -0.15) is 0 Å². The molecule has 1 aromatic rings. The molecule has 2 rings (SSSR count). The normalized spacial score (nSPS) is 23.8. The van der Waals surface area contributed by atoms with Crippen LogP contribution in [0.5, 0.6) is 0 Å². The molecule has 0 saturated carbocycles. The molecule has 2 N–H and O–H groups in total. The van der Waals surface area contributed by atoms with Crippen LogP contribution in [0.4, 0.5) is 0 Å². The van der Waals surface area contributed by atoms with E-state index in [4.69, 9.17) is 10.2 Å². The third-order valence-corrected chi connectivity index (χ3v) is 4.39. The monoisotopic (exact) mass is 300 g/mol. The molecule has 2 heterocycles. The first-order valence-electron chi connectivity index (χ1n) is 6.43. The van der Waals surface area contributed by atoms with Gasteiger partial charge in [-0.05, 0) is 47.3 Å². The van der Waals surface area contributed by atoms with Gasteiger partial charge in [0.25, 0.3) is 0 Å². The fourth-order valence-corrected chi connectivity index (χ4v) is 3.14. The molecule has 3 nitrogen and oxygen atoms in total. The van der Waals surface area contributed by atoms with E-state index in [0.717, 1.165) is 29.2 Å². The van der Waals surface area contributed by atoms with Crippen LogP contribution in [0.3, 0.4) is 0 Å². The minimum atomic E-state index is 0.216. The van der Waals surface area contributed by atoms with Crippen LogP contribution in [-0.2, 0) is 0 Å². The first kappa shape index (κ1) is 13.1. The zero-order chi connectivity index (χ0) is 12.3. The molecule has 1 aliphatic rings. The average molecular weight is 301 g/mol. The quantitative estimate of drug-likeness (QED) is 0.929. The Morgan fingerprint density at radius 1 is 1.65 bits per heavy atom. The molecule has 0 bridgehead atoms. The van der Waals surface area contributed by atoms with Crippen molar-refractivity contribution in [2.75, 3.05) is 19.6 Å². The summed E-state index contributed by atoms with van der Waals surface area (Å²) in [4.78, 5) is 2.47. The van der Waals surface area contributed by atoms with Crippen molar-refractivity contribution in [1.82, 2.24) is 4.90 Å². The number of nitrogens with two attached hydrogens (primary N) is 1. The highest BCUT2D eigenvalue weighted by atomic mass is 79.9. The molecule has 17 heavy (non-hydrogen) atoms. The van der Waals surface area contributed by atoms with Gasteiger partial charge in [0.1, 0.15) is 5.76 Å². The van der Waals surface area contributed by atoms with E-state index < -0.39 is 0 Å². The van der Waals surface area contributed by atoms with Crippen molar-refractivity contribution >= 4 is 15.9 Å². The summed E-state index contributed by atoms with van der Waals surface area (Å²) < 4.78 is 6.60. The third kappa shape index (κ3) is 2.92. The number of furan rings is 1. The maximum Gasteiger partial charge on any atom is 0.136 e. The Morgan fingerprint density at radius 3 is 3.06 bits per heavy atom. The fraction of sp³-hybridized carbons (Fsp3) is 0.692. The predicted molar refractivity (Wildman–Crippen MR) is 72.8 cm³/mol. The summed E-state index contributed by atoms with van der Waals surface area (Å²) in [7, 11) is 0. The first-order valence-corrected chi connectivity index (χ1v) is 7.22. The number of halogens is 1. The van der Waals surface area contributed by atoms with Gasteiger partial charge in [0.05, 0.1) is 16.8 Å². The number of likely N-dealkylation sites (tertiary alicyclic amines) is 1. The molecule has 2 unspecified atom stereocenters. The second kappa shape index (κ2) is 6.03. The molecular weight excluding hydrogens is 280 g/mol. The number of rotatable bonds is 4. The zero-order valence-corrected chi connectivity index (χ0v) is 11.9. The summed E-state index contributed by atoms with van der Waals surface area (Å²) in [6, 6.07) is 2.16. The Kier molecular flexibility index (Phi) is 4.65. The van der Waals surface area contributed by atoms with E-state index in [0.29, 0.717) is 6.54 Å². The van der Waals surface area contributed by atoms with E-state index >= 15 is 0 Å². The number of piperidine rings is 1. The molecule has 0 radical (unpaired) electrons. The van der Waals surface area contributed by atoms with Gasteiger partial charge in [-0.25, -0.2) is 0 Å². The van der Waals surface area contributed by atoms with E-state index in [1.54, 1.807) is 6.26 Å². The number of nitrogens with zero attached hydrogens (tertiary/aromatic N) is 1. The SMILES string of the molecule is CCC1CCCN(C(CN)c2occc2Br)C1. The minimum absolute atomic E-state index is 0.216. The van der Waals surface area contributed by atoms with Crippen LogP contribution < -0.4 is 5.73 Å².